The molecule has 0 spiro atoms. The van der Waals surface area contributed by atoms with Gasteiger partial charge in [0.1, 0.15) is 9.24 Å². The van der Waals surface area contributed by atoms with Crippen molar-refractivity contribution in [2.75, 3.05) is 0 Å². The molecule has 0 fully saturated rings. The van der Waals surface area contributed by atoms with Crippen LogP contribution in [-0.4, -0.2) is 35.6 Å². The van der Waals surface area contributed by atoms with Crippen molar-refractivity contribution in [3.05, 3.63) is 184 Å². The number of nitrogens with zero attached hydrogens (tertiary/aromatic N) is 7. The van der Waals surface area contributed by atoms with Crippen molar-refractivity contribution in [1.82, 2.24) is 29.3 Å². The van der Waals surface area contributed by atoms with Crippen LogP contribution in [0.1, 0.15) is 27.8 Å². The lowest BCUT2D eigenvalue weighted by atomic mass is 9.77. The summed E-state index contributed by atoms with van der Waals surface area (Å²) < 4.78 is 6.82. The second-order valence-electron chi connectivity index (χ2n) is 12.4. The average molecular weight is 764 g/mol. The van der Waals surface area contributed by atoms with E-state index in [1.165, 1.54) is 16.7 Å². The Morgan fingerprint density at radius 1 is 0.600 bits per heavy atom. The Balaban J connectivity index is 0.000000200. The third-order valence-corrected chi connectivity index (χ3v) is 10.0. The van der Waals surface area contributed by atoms with Gasteiger partial charge in [0, 0.05) is 49.2 Å². The van der Waals surface area contributed by atoms with Crippen LogP contribution < -0.4 is 0 Å². The molecule has 4 heterocycles. The zero-order valence-electron chi connectivity index (χ0n) is 27.7. The monoisotopic (exact) mass is 763 g/mol. The summed E-state index contributed by atoms with van der Waals surface area (Å²) in [6, 6.07) is 45.0. The molecule has 50 heavy (non-hydrogen) atoms. The highest BCUT2D eigenvalue weighted by Gasteiger charge is 2.40. The Morgan fingerprint density at radius 3 is 1.64 bits per heavy atom. The van der Waals surface area contributed by atoms with E-state index < -0.39 is 5.54 Å². The number of aromatic nitrogens is 6. The van der Waals surface area contributed by atoms with E-state index in [1.807, 2.05) is 54.5 Å². The van der Waals surface area contributed by atoms with Crippen LogP contribution in [-0.2, 0) is 26.2 Å². The van der Waals surface area contributed by atoms with Crippen molar-refractivity contribution in [1.29, 1.82) is 0 Å². The number of aryl methyl sites for hydroxylation is 2. The Morgan fingerprint density at radius 2 is 1.12 bits per heavy atom. The van der Waals surface area contributed by atoms with E-state index in [4.69, 9.17) is 5.10 Å². The molecular formula is C42H34IN7. The number of fused-ring (bicyclic) bond motifs is 2. The molecule has 0 amide bonds. The third kappa shape index (κ3) is 5.75. The number of hydrogen-bond donors (Lipinski definition) is 0. The summed E-state index contributed by atoms with van der Waals surface area (Å²) in [4.78, 5) is 4.25. The normalized spacial score (nSPS) is 12.1. The van der Waals surface area contributed by atoms with Gasteiger partial charge in [0.25, 0.3) is 0 Å². The largest absolute Gasteiger partial charge is 0.288 e. The molecule has 8 aromatic rings. The molecule has 0 saturated heterocycles. The van der Waals surface area contributed by atoms with Gasteiger partial charge in [-0.25, -0.2) is 4.68 Å². The second-order valence-corrected chi connectivity index (χ2v) is 13.5. The Kier molecular flexibility index (Phi) is 8.46. The maximum Gasteiger partial charge on any atom is 0.138 e. The van der Waals surface area contributed by atoms with E-state index >= 15 is 0 Å². The summed E-state index contributed by atoms with van der Waals surface area (Å²) >= 11 is 2.37. The second kappa shape index (κ2) is 13.4. The predicted molar refractivity (Wildman–Crippen MR) is 209 cm³/mol. The van der Waals surface area contributed by atoms with Crippen molar-refractivity contribution < 1.29 is 0 Å². The zero-order chi connectivity index (χ0) is 34.1. The van der Waals surface area contributed by atoms with Gasteiger partial charge in [-0.15, -0.1) is 0 Å². The van der Waals surface area contributed by atoms with Gasteiger partial charge in [-0.3, -0.25) is 14.4 Å². The Hall–Kier alpha value is -5.61. The van der Waals surface area contributed by atoms with Crippen LogP contribution in [0.3, 0.4) is 0 Å². The molecule has 1 aliphatic heterocycles. The van der Waals surface area contributed by atoms with Gasteiger partial charge < -0.3 is 0 Å². The summed E-state index contributed by atoms with van der Waals surface area (Å²) in [6.45, 7) is 0.822. The van der Waals surface area contributed by atoms with Crippen molar-refractivity contribution in [3.8, 4) is 22.3 Å². The average Bonchev–Trinajstić information content (AvgIpc) is 3.98. The van der Waals surface area contributed by atoms with Gasteiger partial charge in [0.2, 0.25) is 0 Å². The van der Waals surface area contributed by atoms with Crippen LogP contribution in [0.2, 0.25) is 0 Å². The lowest BCUT2D eigenvalue weighted by Crippen LogP contribution is -2.38. The molecule has 0 unspecified atom stereocenters. The van der Waals surface area contributed by atoms with E-state index in [-0.39, 0.29) is 0 Å². The van der Waals surface area contributed by atoms with E-state index in [9.17, 15) is 0 Å². The summed E-state index contributed by atoms with van der Waals surface area (Å²) in [7, 11) is 3.87. The predicted octanol–water partition coefficient (Wildman–Crippen LogP) is 8.90. The maximum absolute atomic E-state index is 5.21. The fourth-order valence-electron chi connectivity index (χ4n) is 6.84. The molecule has 9 rings (SSSR count). The molecule has 7 nitrogen and oxygen atoms in total. The molecule has 0 radical (unpaired) electrons. The first-order valence-corrected chi connectivity index (χ1v) is 17.5. The lowest BCUT2D eigenvalue weighted by Gasteiger charge is -2.37. The molecule has 0 aliphatic carbocycles. The number of benzene rings is 5. The van der Waals surface area contributed by atoms with Gasteiger partial charge in [0.15, 0.2) is 0 Å². The lowest BCUT2D eigenvalue weighted by molar-refractivity contribution is 0.473. The highest BCUT2D eigenvalue weighted by Crippen LogP contribution is 2.43. The van der Waals surface area contributed by atoms with Gasteiger partial charge in [0.05, 0.1) is 24.5 Å². The zero-order valence-corrected chi connectivity index (χ0v) is 29.9. The minimum atomic E-state index is -0.638. The number of rotatable bonds is 6. The third-order valence-electron chi connectivity index (χ3n) is 9.24. The molecule has 5 aromatic carbocycles. The van der Waals surface area contributed by atoms with Gasteiger partial charge in [-0.1, -0.05) is 109 Å². The summed E-state index contributed by atoms with van der Waals surface area (Å²) in [5.41, 5.74) is 11.1. The van der Waals surface area contributed by atoms with Crippen LogP contribution in [0.25, 0.3) is 33.2 Å². The van der Waals surface area contributed by atoms with Crippen LogP contribution in [0.4, 0.5) is 0 Å². The molecule has 1 aliphatic rings. The molecule has 3 aromatic heterocycles. The van der Waals surface area contributed by atoms with Crippen molar-refractivity contribution in [2.24, 2.45) is 19.1 Å². The van der Waals surface area contributed by atoms with E-state index in [0.29, 0.717) is 0 Å². The minimum absolute atomic E-state index is 0.638. The first-order valence-electron chi connectivity index (χ1n) is 16.5. The van der Waals surface area contributed by atoms with Gasteiger partial charge >= 0.3 is 0 Å². The number of hydrogen-bond acceptors (Lipinski definition) is 4. The van der Waals surface area contributed by atoms with Gasteiger partial charge in [-0.2, -0.15) is 15.3 Å². The van der Waals surface area contributed by atoms with Crippen LogP contribution in [0.15, 0.2) is 157 Å². The highest BCUT2D eigenvalue weighted by molar-refractivity contribution is 14.1. The van der Waals surface area contributed by atoms with Gasteiger partial charge in [-0.05, 0) is 79.7 Å². The van der Waals surface area contributed by atoms with Crippen LogP contribution in [0, 0.1) is 3.70 Å². The maximum atomic E-state index is 5.21. The fraction of sp³-hybridized carbons (Fsp3) is 0.0952. The molecule has 0 bridgehead atoms. The van der Waals surface area contributed by atoms with E-state index in [2.05, 4.69) is 170 Å². The molecule has 0 N–H and O–H groups in total. The number of halogens is 1. The van der Waals surface area contributed by atoms with E-state index in [1.54, 1.807) is 0 Å². The number of aliphatic imine (C=N–C) groups is 1. The standard InChI is InChI=1S/C30H23IN4.C12H11N3/c1-34-21-23(20-32-34)22-17-18-28-27(19-22)29(31)33-35(28)30(24-11-5-2-6-12-24,25-13-7-3-8-14-25)26-15-9-4-10-16-26;1-15-8-12(7-14-15)9-2-3-10-5-13-6-11(10)4-9/h2-21H,1H3;2-4,6-8H,5H2,1H3. The SMILES string of the molecule is Cn1cc(-c2ccc3c(c2)C=NC3)cn1.Cn1cc(-c2ccc3c(c2)c(I)nn3C(c2ccccc2)(c2ccccc2)c2ccccc2)cn1. The summed E-state index contributed by atoms with van der Waals surface area (Å²) in [5, 5.41) is 14.9. The van der Waals surface area contributed by atoms with E-state index in [0.717, 1.165) is 54.5 Å². The summed E-state index contributed by atoms with van der Waals surface area (Å²) in [6.07, 6.45) is 9.79. The fourth-order valence-corrected chi connectivity index (χ4v) is 7.49. The van der Waals surface area contributed by atoms with Crippen LogP contribution in [0.5, 0.6) is 0 Å². The Labute approximate surface area is 304 Å². The Bertz CT molecular complexity index is 2340. The molecular weight excluding hydrogens is 729 g/mol. The minimum Gasteiger partial charge on any atom is -0.288 e. The first-order chi connectivity index (χ1) is 24.5. The van der Waals surface area contributed by atoms with Crippen molar-refractivity contribution in [3.63, 3.8) is 0 Å². The molecule has 244 valence electrons. The van der Waals surface area contributed by atoms with Crippen LogP contribution >= 0.6 is 22.6 Å². The first kappa shape index (κ1) is 31.6. The molecule has 0 saturated carbocycles. The molecule has 8 heteroatoms. The molecule has 0 atom stereocenters. The van der Waals surface area contributed by atoms with Crippen molar-refractivity contribution in [2.45, 2.75) is 12.1 Å². The quantitative estimate of drug-likeness (QED) is 0.126. The smallest absolute Gasteiger partial charge is 0.138 e. The van der Waals surface area contributed by atoms with Crippen molar-refractivity contribution >= 4 is 39.7 Å². The summed E-state index contributed by atoms with van der Waals surface area (Å²) in [5.74, 6) is 0. The topological polar surface area (TPSA) is 65.8 Å². The highest BCUT2D eigenvalue weighted by atomic mass is 127.